The Hall–Kier alpha value is -3.77. The molecule has 0 radical (unpaired) electrons. The van der Waals surface area contributed by atoms with Crippen LogP contribution in [0.25, 0.3) is 0 Å². The fraction of sp³-hybridized carbons (Fsp3) is 0.458. The van der Waals surface area contributed by atoms with E-state index in [2.05, 4.69) is 25.9 Å². The maximum absolute atomic E-state index is 13.2. The normalized spacial score (nSPS) is 13.3. The van der Waals surface area contributed by atoms with Crippen LogP contribution in [0.15, 0.2) is 42.9 Å². The highest BCUT2D eigenvalue weighted by atomic mass is 16.4. The van der Waals surface area contributed by atoms with Crippen LogP contribution in [0.4, 0.5) is 0 Å². The van der Waals surface area contributed by atoms with Crippen LogP contribution in [0.3, 0.4) is 0 Å². The number of carboxylic acid groups (broad SMARTS) is 1. The molecule has 0 aliphatic rings. The molecule has 0 aliphatic heterocycles. The predicted octanol–water partition coefficient (Wildman–Crippen LogP) is -0.755. The zero-order valence-electron chi connectivity index (χ0n) is 20.0. The van der Waals surface area contributed by atoms with Crippen molar-refractivity contribution in [2.45, 2.75) is 56.7 Å². The number of benzene rings is 1. The quantitative estimate of drug-likeness (QED) is 0.145. The Morgan fingerprint density at radius 1 is 0.972 bits per heavy atom. The van der Waals surface area contributed by atoms with E-state index in [1.807, 2.05) is 30.3 Å². The van der Waals surface area contributed by atoms with Crippen molar-refractivity contribution in [1.29, 1.82) is 0 Å². The number of amides is 3. The maximum atomic E-state index is 13.2. The van der Waals surface area contributed by atoms with Crippen LogP contribution >= 0.6 is 0 Å². The molecule has 0 unspecified atom stereocenters. The molecular weight excluding hydrogens is 468 g/mol. The molecule has 0 saturated carbocycles. The zero-order valence-corrected chi connectivity index (χ0v) is 20.0. The number of nitrogens with two attached hydrogens (primary N) is 1. The molecule has 12 nitrogen and oxygen atoms in total. The molecule has 0 saturated heterocycles. The molecule has 1 aromatic heterocycles. The number of carbonyl (C=O) groups is 4. The monoisotopic (exact) mass is 502 g/mol. The molecule has 0 spiro atoms. The van der Waals surface area contributed by atoms with E-state index in [1.54, 1.807) is 0 Å². The van der Waals surface area contributed by atoms with Crippen molar-refractivity contribution >= 4 is 23.7 Å². The van der Waals surface area contributed by atoms with Crippen molar-refractivity contribution in [2.24, 2.45) is 5.73 Å². The first-order valence-electron chi connectivity index (χ1n) is 11.8. The Balaban J connectivity index is 2.09. The number of H-pyrrole nitrogens is 1. The Kier molecular flexibility index (Phi) is 12.1. The van der Waals surface area contributed by atoms with Crippen molar-refractivity contribution in [3.05, 3.63) is 54.1 Å². The van der Waals surface area contributed by atoms with Gasteiger partial charge in [0.15, 0.2) is 0 Å². The Morgan fingerprint density at radius 2 is 1.67 bits per heavy atom. The maximum Gasteiger partial charge on any atom is 0.328 e. The summed E-state index contributed by atoms with van der Waals surface area (Å²) in [6.07, 6.45) is 5.10. The van der Waals surface area contributed by atoms with E-state index in [-0.39, 0.29) is 18.7 Å². The summed E-state index contributed by atoms with van der Waals surface area (Å²) in [4.78, 5) is 56.5. The van der Waals surface area contributed by atoms with Gasteiger partial charge in [-0.25, -0.2) is 9.78 Å². The summed E-state index contributed by atoms with van der Waals surface area (Å²) in [6, 6.07) is 5.85. The number of aryl methyl sites for hydroxylation is 1. The third-order valence-corrected chi connectivity index (χ3v) is 5.49. The van der Waals surface area contributed by atoms with Gasteiger partial charge in [0.1, 0.15) is 18.1 Å². The average molecular weight is 503 g/mol. The summed E-state index contributed by atoms with van der Waals surface area (Å²) < 4.78 is 0. The van der Waals surface area contributed by atoms with E-state index in [9.17, 15) is 24.3 Å². The number of rotatable bonds is 16. The molecule has 36 heavy (non-hydrogen) atoms. The van der Waals surface area contributed by atoms with Gasteiger partial charge in [0, 0.05) is 24.7 Å². The van der Waals surface area contributed by atoms with Gasteiger partial charge in [0.25, 0.3) is 0 Å². The van der Waals surface area contributed by atoms with Gasteiger partial charge in [0.2, 0.25) is 17.7 Å². The molecule has 1 aromatic carbocycles. The van der Waals surface area contributed by atoms with Crippen LogP contribution in [0.1, 0.15) is 36.9 Å². The van der Waals surface area contributed by atoms with E-state index < -0.39 is 42.5 Å². The van der Waals surface area contributed by atoms with Crippen LogP contribution in [0.2, 0.25) is 0 Å². The highest BCUT2D eigenvalue weighted by molar-refractivity contribution is 5.93. The number of nitrogens with zero attached hydrogens (tertiary/aromatic N) is 1. The summed E-state index contributed by atoms with van der Waals surface area (Å²) in [5.41, 5.74) is 7.08. The van der Waals surface area contributed by atoms with Gasteiger partial charge >= 0.3 is 5.97 Å². The smallest absolute Gasteiger partial charge is 0.328 e. The second-order valence-corrected chi connectivity index (χ2v) is 8.31. The van der Waals surface area contributed by atoms with Gasteiger partial charge in [-0.2, -0.15) is 0 Å². The molecule has 0 bridgehead atoms. The van der Waals surface area contributed by atoms with E-state index in [0.29, 0.717) is 37.9 Å². The first-order chi connectivity index (χ1) is 17.3. The number of imidazole rings is 1. The highest BCUT2D eigenvalue weighted by Gasteiger charge is 2.29. The lowest BCUT2D eigenvalue weighted by Gasteiger charge is -2.24. The van der Waals surface area contributed by atoms with Crippen molar-refractivity contribution in [1.82, 2.24) is 25.9 Å². The number of aliphatic hydroxyl groups excluding tert-OH is 1. The van der Waals surface area contributed by atoms with E-state index in [1.165, 1.54) is 12.5 Å². The van der Waals surface area contributed by atoms with Gasteiger partial charge in [-0.05, 0) is 37.8 Å². The van der Waals surface area contributed by atoms with Crippen LogP contribution < -0.4 is 21.7 Å². The molecule has 2 aromatic rings. The van der Waals surface area contributed by atoms with E-state index in [0.717, 1.165) is 5.56 Å². The Morgan fingerprint density at radius 3 is 2.28 bits per heavy atom. The Labute approximate surface area is 209 Å². The minimum absolute atomic E-state index is 0.00713. The fourth-order valence-electron chi connectivity index (χ4n) is 3.49. The number of aromatic nitrogens is 2. The van der Waals surface area contributed by atoms with E-state index in [4.69, 9.17) is 10.8 Å². The number of unbranched alkanes of at least 4 members (excludes halogenated alkanes) is 1. The van der Waals surface area contributed by atoms with Gasteiger partial charge in [0.05, 0.1) is 12.9 Å². The van der Waals surface area contributed by atoms with Crippen molar-refractivity contribution in [2.75, 3.05) is 13.2 Å². The minimum Gasteiger partial charge on any atom is -0.480 e. The van der Waals surface area contributed by atoms with Crippen molar-refractivity contribution in [3.63, 3.8) is 0 Å². The zero-order chi connectivity index (χ0) is 26.3. The Bertz CT molecular complexity index is 969. The lowest BCUT2D eigenvalue weighted by atomic mass is 10.1. The fourth-order valence-corrected chi connectivity index (χ4v) is 3.49. The molecular formula is C24H34N6O6. The number of carbonyl (C=O) groups excluding carboxylic acids is 3. The number of carboxylic acids is 1. The van der Waals surface area contributed by atoms with Crippen molar-refractivity contribution < 1.29 is 29.4 Å². The molecule has 3 atom stereocenters. The van der Waals surface area contributed by atoms with Gasteiger partial charge in [-0.3, -0.25) is 14.4 Å². The first-order valence-corrected chi connectivity index (χ1v) is 11.8. The SMILES string of the molecule is NCCCC[C@H](NC(=O)CCc1ccccc1)C(=O)N[C@@H](Cc1cnc[nH]1)C(=O)N[C@@H](CO)C(=O)O. The topological polar surface area (TPSA) is 200 Å². The third-order valence-electron chi connectivity index (χ3n) is 5.49. The number of nitrogens with one attached hydrogen (secondary N) is 4. The van der Waals surface area contributed by atoms with Gasteiger partial charge in [-0.1, -0.05) is 30.3 Å². The summed E-state index contributed by atoms with van der Waals surface area (Å²) in [5, 5.41) is 26.0. The van der Waals surface area contributed by atoms with Crippen LogP contribution in [-0.2, 0) is 32.0 Å². The second kappa shape index (κ2) is 15.3. The second-order valence-electron chi connectivity index (χ2n) is 8.31. The number of aliphatic carboxylic acids is 1. The number of hydrogen-bond acceptors (Lipinski definition) is 7. The average Bonchev–Trinajstić information content (AvgIpc) is 3.38. The molecule has 3 amide bonds. The summed E-state index contributed by atoms with van der Waals surface area (Å²) >= 11 is 0. The number of hydrogen-bond donors (Lipinski definition) is 7. The molecule has 0 fully saturated rings. The number of aromatic amines is 1. The largest absolute Gasteiger partial charge is 0.480 e. The minimum atomic E-state index is -1.53. The lowest BCUT2D eigenvalue weighted by molar-refractivity contribution is -0.143. The standard InChI is InChI=1S/C24H34N6O6/c25-11-5-4-8-18(28-21(32)10-9-16-6-2-1-3-7-16)22(33)29-19(12-17-13-26-15-27-17)23(34)30-20(14-31)24(35)36/h1-3,6-7,13,15,18-20,31H,4-5,8-12,14,25H2,(H,26,27)(H,28,32)(H,29,33)(H,30,34)(H,35,36)/t18-,19-,20-/m0/s1. The highest BCUT2D eigenvalue weighted by Crippen LogP contribution is 2.07. The molecule has 1 heterocycles. The van der Waals surface area contributed by atoms with Crippen LogP contribution in [0.5, 0.6) is 0 Å². The van der Waals surface area contributed by atoms with Crippen LogP contribution in [-0.4, -0.2) is 75.1 Å². The summed E-state index contributed by atoms with van der Waals surface area (Å²) in [5.74, 6) is -3.11. The molecule has 2 rings (SSSR count). The molecule has 12 heteroatoms. The number of aliphatic hydroxyl groups is 1. The predicted molar refractivity (Wildman–Crippen MR) is 130 cm³/mol. The summed E-state index contributed by atoms with van der Waals surface area (Å²) in [6.45, 7) is -0.385. The third kappa shape index (κ3) is 9.84. The first kappa shape index (κ1) is 28.5. The van der Waals surface area contributed by atoms with E-state index >= 15 is 0 Å². The van der Waals surface area contributed by atoms with Crippen molar-refractivity contribution in [3.8, 4) is 0 Å². The molecule has 0 aliphatic carbocycles. The van der Waals surface area contributed by atoms with Gasteiger partial charge < -0.3 is 36.9 Å². The summed E-state index contributed by atoms with van der Waals surface area (Å²) in [7, 11) is 0. The van der Waals surface area contributed by atoms with Gasteiger partial charge in [-0.15, -0.1) is 0 Å². The molecule has 196 valence electrons. The lowest BCUT2D eigenvalue weighted by Crippen LogP contribution is -2.57. The molecule has 8 N–H and O–H groups in total. The van der Waals surface area contributed by atoms with Crippen LogP contribution in [0, 0.1) is 0 Å².